The molecule has 0 atom stereocenters. The number of aryl methyl sites for hydroxylation is 1. The summed E-state index contributed by atoms with van der Waals surface area (Å²) < 4.78 is 10.6. The first-order valence-corrected chi connectivity index (χ1v) is 7.20. The molecule has 0 radical (unpaired) electrons. The van der Waals surface area contributed by atoms with Gasteiger partial charge in [-0.15, -0.1) is 0 Å². The fourth-order valence-corrected chi connectivity index (χ4v) is 2.50. The van der Waals surface area contributed by atoms with E-state index in [-0.39, 0.29) is 5.75 Å². The van der Waals surface area contributed by atoms with Crippen molar-refractivity contribution >= 4 is 22.4 Å². The van der Waals surface area contributed by atoms with Crippen molar-refractivity contribution in [1.29, 1.82) is 0 Å². The zero-order chi connectivity index (χ0) is 16.4. The summed E-state index contributed by atoms with van der Waals surface area (Å²) in [4.78, 5) is 4.61. The molecule has 5 heteroatoms. The number of methoxy groups -OCH3 is 2. The van der Waals surface area contributed by atoms with Gasteiger partial charge < -0.3 is 19.9 Å². The highest BCUT2D eigenvalue weighted by Crippen LogP contribution is 2.33. The normalized spacial score (nSPS) is 10.6. The van der Waals surface area contributed by atoms with Gasteiger partial charge in [0.15, 0.2) is 0 Å². The Balaban J connectivity index is 2.07. The van der Waals surface area contributed by atoms with Gasteiger partial charge in [-0.05, 0) is 36.8 Å². The zero-order valence-electron chi connectivity index (χ0n) is 13.3. The highest BCUT2D eigenvalue weighted by molar-refractivity contribution is 5.89. The average Bonchev–Trinajstić information content (AvgIpc) is 2.56. The van der Waals surface area contributed by atoms with E-state index in [9.17, 15) is 5.11 Å². The van der Waals surface area contributed by atoms with Crippen LogP contribution in [0.3, 0.4) is 0 Å². The molecular weight excluding hydrogens is 292 g/mol. The smallest absolute Gasteiger partial charge is 0.145 e. The van der Waals surface area contributed by atoms with E-state index in [0.717, 1.165) is 16.5 Å². The maximum atomic E-state index is 10.0. The van der Waals surface area contributed by atoms with Crippen LogP contribution in [0.2, 0.25) is 0 Å². The molecule has 3 aromatic rings. The standard InChI is InChI=1S/C18H18N2O3/c1-11-9-17(19-14-10-12(22-2)7-8-15(14)21)20-18-13(11)5-4-6-16(18)23-3/h4-10,21H,1-3H3,(H,19,20). The maximum absolute atomic E-state index is 10.0. The Kier molecular flexibility index (Phi) is 3.93. The summed E-state index contributed by atoms with van der Waals surface area (Å²) in [6, 6.07) is 12.8. The van der Waals surface area contributed by atoms with Crippen LogP contribution in [0.5, 0.6) is 17.2 Å². The number of ether oxygens (including phenoxy) is 2. The largest absolute Gasteiger partial charge is 0.506 e. The minimum absolute atomic E-state index is 0.130. The fourth-order valence-electron chi connectivity index (χ4n) is 2.50. The Bertz CT molecular complexity index is 862. The van der Waals surface area contributed by atoms with Crippen molar-refractivity contribution in [2.45, 2.75) is 6.92 Å². The van der Waals surface area contributed by atoms with Crippen molar-refractivity contribution in [3.05, 3.63) is 48.0 Å². The zero-order valence-corrected chi connectivity index (χ0v) is 13.3. The lowest BCUT2D eigenvalue weighted by molar-refractivity contribution is 0.413. The number of nitrogens with zero attached hydrogens (tertiary/aromatic N) is 1. The second-order valence-electron chi connectivity index (χ2n) is 5.19. The SMILES string of the molecule is COc1ccc(O)c(Nc2cc(C)c3cccc(OC)c3n2)c1. The lowest BCUT2D eigenvalue weighted by Gasteiger charge is -2.13. The summed E-state index contributed by atoms with van der Waals surface area (Å²) in [6.07, 6.45) is 0. The van der Waals surface area contributed by atoms with E-state index in [1.54, 1.807) is 32.4 Å². The summed E-state index contributed by atoms with van der Waals surface area (Å²) in [5, 5.41) is 14.2. The van der Waals surface area contributed by atoms with Gasteiger partial charge in [-0.2, -0.15) is 0 Å². The summed E-state index contributed by atoms with van der Waals surface area (Å²) in [5.74, 6) is 2.12. The molecule has 118 valence electrons. The third-order valence-corrected chi connectivity index (χ3v) is 3.70. The number of hydrogen-bond acceptors (Lipinski definition) is 5. The molecule has 0 spiro atoms. The van der Waals surface area contributed by atoms with Crippen LogP contribution < -0.4 is 14.8 Å². The molecule has 0 aliphatic heterocycles. The molecule has 5 nitrogen and oxygen atoms in total. The minimum Gasteiger partial charge on any atom is -0.506 e. The van der Waals surface area contributed by atoms with Gasteiger partial charge in [-0.1, -0.05) is 12.1 Å². The second kappa shape index (κ2) is 6.04. The topological polar surface area (TPSA) is 63.6 Å². The molecule has 1 aromatic heterocycles. The second-order valence-corrected chi connectivity index (χ2v) is 5.19. The Morgan fingerprint density at radius 1 is 1.04 bits per heavy atom. The molecule has 3 rings (SSSR count). The molecule has 0 amide bonds. The van der Waals surface area contributed by atoms with Gasteiger partial charge in [0.25, 0.3) is 0 Å². The predicted molar refractivity (Wildman–Crippen MR) is 91.0 cm³/mol. The van der Waals surface area contributed by atoms with E-state index in [2.05, 4.69) is 10.3 Å². The van der Waals surface area contributed by atoms with Crippen molar-refractivity contribution < 1.29 is 14.6 Å². The van der Waals surface area contributed by atoms with Crippen LogP contribution in [0, 0.1) is 6.92 Å². The number of anilines is 2. The van der Waals surface area contributed by atoms with Gasteiger partial charge in [-0.3, -0.25) is 0 Å². The number of nitrogens with one attached hydrogen (secondary N) is 1. The first-order valence-electron chi connectivity index (χ1n) is 7.20. The van der Waals surface area contributed by atoms with Crippen molar-refractivity contribution in [1.82, 2.24) is 4.98 Å². The summed E-state index contributed by atoms with van der Waals surface area (Å²) in [6.45, 7) is 2.01. The highest BCUT2D eigenvalue weighted by Gasteiger charge is 2.10. The van der Waals surface area contributed by atoms with Gasteiger partial charge in [0.2, 0.25) is 0 Å². The number of para-hydroxylation sites is 1. The number of benzene rings is 2. The quantitative estimate of drug-likeness (QED) is 0.713. The number of hydrogen-bond donors (Lipinski definition) is 2. The monoisotopic (exact) mass is 310 g/mol. The first kappa shape index (κ1) is 15.0. The molecule has 0 fully saturated rings. The van der Waals surface area contributed by atoms with E-state index < -0.39 is 0 Å². The van der Waals surface area contributed by atoms with Crippen molar-refractivity contribution in [2.75, 3.05) is 19.5 Å². The van der Waals surface area contributed by atoms with Crippen LogP contribution in [0.4, 0.5) is 11.5 Å². The van der Waals surface area contributed by atoms with Crippen molar-refractivity contribution in [2.24, 2.45) is 0 Å². The molecule has 23 heavy (non-hydrogen) atoms. The van der Waals surface area contributed by atoms with Crippen molar-refractivity contribution in [3.8, 4) is 17.2 Å². The van der Waals surface area contributed by atoms with E-state index in [1.807, 2.05) is 31.2 Å². The summed E-state index contributed by atoms with van der Waals surface area (Å²) >= 11 is 0. The van der Waals surface area contributed by atoms with Crippen LogP contribution in [0.25, 0.3) is 10.9 Å². The lowest BCUT2D eigenvalue weighted by Crippen LogP contribution is -1.98. The molecule has 0 saturated carbocycles. The first-order chi connectivity index (χ1) is 11.1. The Hall–Kier alpha value is -2.95. The van der Waals surface area contributed by atoms with Crippen LogP contribution in [-0.4, -0.2) is 24.3 Å². The molecule has 0 aliphatic rings. The maximum Gasteiger partial charge on any atom is 0.145 e. The summed E-state index contributed by atoms with van der Waals surface area (Å²) in [7, 11) is 3.21. The average molecular weight is 310 g/mol. The van der Waals surface area contributed by atoms with Crippen LogP contribution in [0.15, 0.2) is 42.5 Å². The molecule has 0 aliphatic carbocycles. The van der Waals surface area contributed by atoms with Gasteiger partial charge in [-0.25, -0.2) is 4.98 Å². The molecule has 2 aromatic carbocycles. The van der Waals surface area contributed by atoms with Gasteiger partial charge >= 0.3 is 0 Å². The number of phenols is 1. The molecule has 0 unspecified atom stereocenters. The fraction of sp³-hybridized carbons (Fsp3) is 0.167. The third kappa shape index (κ3) is 2.85. The van der Waals surface area contributed by atoms with E-state index in [0.29, 0.717) is 23.0 Å². The van der Waals surface area contributed by atoms with Gasteiger partial charge in [0, 0.05) is 11.5 Å². The molecule has 1 heterocycles. The number of aromatic hydroxyl groups is 1. The molecule has 2 N–H and O–H groups in total. The van der Waals surface area contributed by atoms with Crippen LogP contribution >= 0.6 is 0 Å². The van der Waals surface area contributed by atoms with E-state index in [4.69, 9.17) is 9.47 Å². The predicted octanol–water partition coefficient (Wildman–Crippen LogP) is 4.01. The lowest BCUT2D eigenvalue weighted by atomic mass is 10.1. The van der Waals surface area contributed by atoms with E-state index >= 15 is 0 Å². The van der Waals surface area contributed by atoms with Gasteiger partial charge in [0.1, 0.15) is 28.6 Å². The molecule has 0 bridgehead atoms. The number of phenolic OH excluding ortho intramolecular Hbond substituents is 1. The van der Waals surface area contributed by atoms with E-state index in [1.165, 1.54) is 0 Å². The number of fused-ring (bicyclic) bond motifs is 1. The van der Waals surface area contributed by atoms with Crippen LogP contribution in [-0.2, 0) is 0 Å². The van der Waals surface area contributed by atoms with Crippen molar-refractivity contribution in [3.63, 3.8) is 0 Å². The number of aromatic nitrogens is 1. The number of pyridine rings is 1. The van der Waals surface area contributed by atoms with Crippen LogP contribution in [0.1, 0.15) is 5.56 Å². The minimum atomic E-state index is 0.130. The van der Waals surface area contributed by atoms with Gasteiger partial charge in [0.05, 0.1) is 19.9 Å². The summed E-state index contributed by atoms with van der Waals surface area (Å²) in [5.41, 5.74) is 2.38. The number of rotatable bonds is 4. The Morgan fingerprint density at radius 3 is 2.61 bits per heavy atom. The third-order valence-electron chi connectivity index (χ3n) is 3.70. The highest BCUT2D eigenvalue weighted by atomic mass is 16.5. The Labute approximate surface area is 134 Å². The molecular formula is C18H18N2O3. The molecule has 0 saturated heterocycles. The Morgan fingerprint density at radius 2 is 1.87 bits per heavy atom.